The molecule has 0 aliphatic carbocycles. The summed E-state index contributed by atoms with van der Waals surface area (Å²) in [7, 11) is 0. The van der Waals surface area contributed by atoms with E-state index in [-0.39, 0.29) is 11.6 Å². The molecule has 11 heteroatoms. The summed E-state index contributed by atoms with van der Waals surface area (Å²) in [5.74, 6) is -0.583. The van der Waals surface area contributed by atoms with Crippen LogP contribution in [-0.4, -0.2) is 41.8 Å². The standard InChI is InChI=1S/C18H16ClF3N6O/c1-10-9-14-16(24-25-28(14)26-8-4-7-23-26)11(2)27(10)17(29)12-5-3-6-13(15(12)19)18(20,21)22/h3-8,10-11H,9H2,1-2H3. The third kappa shape index (κ3) is 3.17. The van der Waals surface area contributed by atoms with E-state index in [0.29, 0.717) is 12.1 Å². The molecule has 7 nitrogen and oxygen atoms in total. The highest BCUT2D eigenvalue weighted by Gasteiger charge is 2.40. The zero-order valence-corrected chi connectivity index (χ0v) is 16.2. The van der Waals surface area contributed by atoms with Crippen LogP contribution in [0, 0.1) is 0 Å². The first-order valence-corrected chi connectivity index (χ1v) is 9.21. The number of carbonyl (C=O) groups is 1. The van der Waals surface area contributed by atoms with Gasteiger partial charge in [0.1, 0.15) is 5.69 Å². The SMILES string of the molecule is CC1Cc2c(nnn2-n2cccn2)C(C)N1C(=O)c1cccc(C(F)(F)F)c1Cl. The molecule has 3 aromatic rings. The fraction of sp³-hybridized carbons (Fsp3) is 0.333. The number of amides is 1. The van der Waals surface area contributed by atoms with Crippen molar-refractivity contribution in [2.75, 3.05) is 0 Å². The summed E-state index contributed by atoms with van der Waals surface area (Å²) in [4.78, 5) is 17.7. The number of benzene rings is 1. The maximum absolute atomic E-state index is 13.2. The first kappa shape index (κ1) is 19.4. The molecule has 0 radical (unpaired) electrons. The number of carbonyl (C=O) groups excluding carboxylic acids is 1. The van der Waals surface area contributed by atoms with Crippen molar-refractivity contribution in [1.29, 1.82) is 0 Å². The number of alkyl halides is 3. The monoisotopic (exact) mass is 424 g/mol. The maximum Gasteiger partial charge on any atom is 0.417 e. The zero-order chi connectivity index (χ0) is 20.9. The van der Waals surface area contributed by atoms with Gasteiger partial charge in [0.25, 0.3) is 5.91 Å². The summed E-state index contributed by atoms with van der Waals surface area (Å²) in [6, 6.07) is 4.26. The molecular weight excluding hydrogens is 409 g/mol. The molecule has 0 fully saturated rings. The first-order valence-electron chi connectivity index (χ1n) is 8.83. The van der Waals surface area contributed by atoms with Gasteiger partial charge in [-0.05, 0) is 37.3 Å². The van der Waals surface area contributed by atoms with E-state index in [1.54, 1.807) is 30.2 Å². The van der Waals surface area contributed by atoms with Crippen LogP contribution < -0.4 is 0 Å². The maximum atomic E-state index is 13.2. The van der Waals surface area contributed by atoms with Crippen LogP contribution >= 0.6 is 11.6 Å². The lowest BCUT2D eigenvalue weighted by molar-refractivity contribution is -0.137. The van der Waals surface area contributed by atoms with E-state index >= 15 is 0 Å². The number of rotatable bonds is 2. The molecule has 2 unspecified atom stereocenters. The molecule has 4 rings (SSSR count). The summed E-state index contributed by atoms with van der Waals surface area (Å²) in [6.45, 7) is 3.58. The van der Waals surface area contributed by atoms with Gasteiger partial charge in [-0.25, -0.2) is 0 Å². The third-order valence-electron chi connectivity index (χ3n) is 5.00. The fourth-order valence-corrected chi connectivity index (χ4v) is 3.99. The Hall–Kier alpha value is -2.88. The second-order valence-electron chi connectivity index (χ2n) is 6.84. The molecule has 2 atom stereocenters. The smallest absolute Gasteiger partial charge is 0.327 e. The Morgan fingerprint density at radius 3 is 2.66 bits per heavy atom. The van der Waals surface area contributed by atoms with Crippen LogP contribution in [0.2, 0.25) is 5.02 Å². The first-order chi connectivity index (χ1) is 13.7. The molecule has 0 saturated heterocycles. The van der Waals surface area contributed by atoms with Crippen LogP contribution in [0.25, 0.3) is 0 Å². The normalized spacial score (nSPS) is 19.3. The van der Waals surface area contributed by atoms with E-state index < -0.39 is 28.7 Å². The van der Waals surface area contributed by atoms with Gasteiger partial charge in [-0.15, -0.1) is 9.89 Å². The van der Waals surface area contributed by atoms with Gasteiger partial charge in [0.2, 0.25) is 0 Å². The van der Waals surface area contributed by atoms with Gasteiger partial charge >= 0.3 is 6.18 Å². The number of aromatic nitrogens is 5. The lowest BCUT2D eigenvalue weighted by Crippen LogP contribution is -2.45. The molecule has 0 N–H and O–H groups in total. The minimum Gasteiger partial charge on any atom is -0.327 e. The molecule has 2 aromatic heterocycles. The zero-order valence-electron chi connectivity index (χ0n) is 15.4. The van der Waals surface area contributed by atoms with Crippen molar-refractivity contribution in [2.24, 2.45) is 0 Å². The van der Waals surface area contributed by atoms with Crippen molar-refractivity contribution in [3.8, 4) is 0 Å². The number of nitrogens with zero attached hydrogens (tertiary/aromatic N) is 6. The fourth-order valence-electron chi connectivity index (χ4n) is 3.68. The molecule has 152 valence electrons. The van der Waals surface area contributed by atoms with Gasteiger partial charge in [-0.2, -0.15) is 23.1 Å². The van der Waals surface area contributed by atoms with E-state index in [2.05, 4.69) is 15.4 Å². The Kier molecular flexibility index (Phi) is 4.60. The molecule has 1 aromatic carbocycles. The topological polar surface area (TPSA) is 68.8 Å². The van der Waals surface area contributed by atoms with Crippen LogP contribution in [0.5, 0.6) is 0 Å². The summed E-state index contributed by atoms with van der Waals surface area (Å²) >= 11 is 5.96. The lowest BCUT2D eigenvalue weighted by atomic mass is 9.96. The molecular formula is C18H16ClF3N6O. The van der Waals surface area contributed by atoms with E-state index in [1.165, 1.54) is 21.8 Å². The van der Waals surface area contributed by atoms with Crippen LogP contribution in [0.4, 0.5) is 13.2 Å². The van der Waals surface area contributed by atoms with E-state index in [4.69, 9.17) is 11.6 Å². The summed E-state index contributed by atoms with van der Waals surface area (Å²) in [5.41, 5.74) is 0.124. The average molecular weight is 425 g/mol. The molecule has 1 aliphatic rings. The molecule has 3 heterocycles. The van der Waals surface area contributed by atoms with Crippen molar-refractivity contribution in [1.82, 2.24) is 29.9 Å². The lowest BCUT2D eigenvalue weighted by Gasteiger charge is -2.38. The molecule has 0 bridgehead atoms. The Balaban J connectivity index is 1.72. The van der Waals surface area contributed by atoms with Gasteiger partial charge in [0.05, 0.1) is 40.3 Å². The Morgan fingerprint density at radius 1 is 1.24 bits per heavy atom. The Bertz CT molecular complexity index is 1060. The second kappa shape index (κ2) is 6.87. The summed E-state index contributed by atoms with van der Waals surface area (Å²) in [5, 5.41) is 11.8. The second-order valence-corrected chi connectivity index (χ2v) is 7.22. The number of hydrogen-bond donors (Lipinski definition) is 0. The Morgan fingerprint density at radius 2 is 2.00 bits per heavy atom. The highest BCUT2D eigenvalue weighted by Crippen LogP contribution is 2.38. The average Bonchev–Trinajstić information content (AvgIpc) is 3.30. The minimum atomic E-state index is -4.65. The molecule has 1 amide bonds. The molecule has 0 spiro atoms. The van der Waals surface area contributed by atoms with Crippen molar-refractivity contribution < 1.29 is 18.0 Å². The Labute approximate surface area is 168 Å². The number of halogens is 4. The highest BCUT2D eigenvalue weighted by atomic mass is 35.5. The number of hydrogen-bond acceptors (Lipinski definition) is 4. The van der Waals surface area contributed by atoms with Crippen molar-refractivity contribution in [3.63, 3.8) is 0 Å². The van der Waals surface area contributed by atoms with Crippen LogP contribution in [-0.2, 0) is 12.6 Å². The van der Waals surface area contributed by atoms with Crippen LogP contribution in [0.3, 0.4) is 0 Å². The van der Waals surface area contributed by atoms with Gasteiger partial charge in [-0.1, -0.05) is 17.7 Å². The predicted molar refractivity (Wildman–Crippen MR) is 97.2 cm³/mol. The van der Waals surface area contributed by atoms with Crippen LogP contribution in [0.15, 0.2) is 36.7 Å². The predicted octanol–water partition coefficient (Wildman–Crippen LogP) is 3.61. The van der Waals surface area contributed by atoms with Gasteiger partial charge in [0, 0.05) is 12.5 Å². The van der Waals surface area contributed by atoms with E-state index in [1.807, 2.05) is 6.92 Å². The van der Waals surface area contributed by atoms with Crippen molar-refractivity contribution in [3.05, 3.63) is 64.2 Å². The van der Waals surface area contributed by atoms with Gasteiger partial charge < -0.3 is 4.90 Å². The summed E-state index contributed by atoms with van der Waals surface area (Å²) < 4.78 is 39.6. The van der Waals surface area contributed by atoms with Crippen molar-refractivity contribution in [2.45, 2.75) is 38.5 Å². The number of fused-ring (bicyclic) bond motifs is 1. The van der Waals surface area contributed by atoms with Gasteiger partial charge in [-0.3, -0.25) is 4.79 Å². The van der Waals surface area contributed by atoms with Crippen LogP contribution in [0.1, 0.15) is 47.2 Å². The molecule has 1 aliphatic heterocycles. The van der Waals surface area contributed by atoms with E-state index in [9.17, 15) is 18.0 Å². The quantitative estimate of drug-likeness (QED) is 0.630. The minimum absolute atomic E-state index is 0.192. The molecule has 0 saturated carbocycles. The summed E-state index contributed by atoms with van der Waals surface area (Å²) in [6.07, 6.45) is -0.916. The van der Waals surface area contributed by atoms with Crippen molar-refractivity contribution >= 4 is 17.5 Å². The van der Waals surface area contributed by atoms with E-state index in [0.717, 1.165) is 11.8 Å². The third-order valence-corrected chi connectivity index (χ3v) is 5.41. The molecule has 29 heavy (non-hydrogen) atoms. The van der Waals surface area contributed by atoms with Gasteiger partial charge in [0.15, 0.2) is 0 Å². The highest BCUT2D eigenvalue weighted by molar-refractivity contribution is 6.34. The largest absolute Gasteiger partial charge is 0.417 e.